The highest BCUT2D eigenvalue weighted by Gasteiger charge is 2.13. The molecule has 1 aromatic rings. The van der Waals surface area contributed by atoms with E-state index < -0.39 is 0 Å². The molecule has 0 aliphatic carbocycles. The number of carbonyl (C=O) groups is 2. The molecule has 0 saturated carbocycles. The second-order valence-corrected chi connectivity index (χ2v) is 5.78. The standard InChI is InChI=1S/C19H28O4/c1-4-6-7-8-9-15(3)23-19(21)17-12-10-16(11-13-17)18(20)22-14-5-2/h10-13,15H,4-9,14H2,1-3H3. The zero-order valence-corrected chi connectivity index (χ0v) is 14.5. The van der Waals surface area contributed by atoms with Crippen LogP contribution in [-0.4, -0.2) is 24.6 Å². The summed E-state index contributed by atoms with van der Waals surface area (Å²) in [5.74, 6) is -0.711. The highest BCUT2D eigenvalue weighted by molar-refractivity contribution is 5.93. The molecule has 1 unspecified atom stereocenters. The summed E-state index contributed by atoms with van der Waals surface area (Å²) in [6.07, 6.45) is 6.24. The quantitative estimate of drug-likeness (QED) is 0.460. The second-order valence-electron chi connectivity index (χ2n) is 5.78. The number of carbonyl (C=O) groups excluding carboxylic acids is 2. The van der Waals surface area contributed by atoms with Gasteiger partial charge in [0.05, 0.1) is 23.8 Å². The lowest BCUT2D eigenvalue weighted by Crippen LogP contribution is -2.15. The number of rotatable bonds is 10. The molecule has 1 atom stereocenters. The predicted molar refractivity (Wildman–Crippen MR) is 90.7 cm³/mol. The van der Waals surface area contributed by atoms with Crippen molar-refractivity contribution in [2.75, 3.05) is 6.61 Å². The van der Waals surface area contributed by atoms with Gasteiger partial charge in [-0.3, -0.25) is 0 Å². The Kier molecular flexibility index (Phi) is 9.03. The van der Waals surface area contributed by atoms with Crippen LogP contribution in [0.15, 0.2) is 24.3 Å². The third-order valence-corrected chi connectivity index (χ3v) is 3.57. The van der Waals surface area contributed by atoms with Gasteiger partial charge in [-0.25, -0.2) is 9.59 Å². The van der Waals surface area contributed by atoms with Crippen molar-refractivity contribution in [1.82, 2.24) is 0 Å². The predicted octanol–water partition coefficient (Wildman–Crippen LogP) is 4.77. The van der Waals surface area contributed by atoms with Crippen LogP contribution in [0.3, 0.4) is 0 Å². The maximum Gasteiger partial charge on any atom is 0.338 e. The summed E-state index contributed by atoms with van der Waals surface area (Å²) in [4.78, 5) is 23.8. The van der Waals surface area contributed by atoms with Gasteiger partial charge < -0.3 is 9.47 Å². The molecule has 0 amide bonds. The van der Waals surface area contributed by atoms with Crippen LogP contribution in [0, 0.1) is 0 Å². The van der Waals surface area contributed by atoms with Gasteiger partial charge in [0.15, 0.2) is 0 Å². The van der Waals surface area contributed by atoms with Gasteiger partial charge in [-0.05, 0) is 50.5 Å². The number of hydrogen-bond acceptors (Lipinski definition) is 4. The van der Waals surface area contributed by atoms with Crippen LogP contribution in [0.1, 0.15) is 80.0 Å². The second kappa shape index (κ2) is 10.8. The van der Waals surface area contributed by atoms with Crippen molar-refractivity contribution in [2.24, 2.45) is 0 Å². The minimum absolute atomic E-state index is 0.0893. The fraction of sp³-hybridized carbons (Fsp3) is 0.579. The van der Waals surface area contributed by atoms with E-state index in [-0.39, 0.29) is 18.0 Å². The minimum Gasteiger partial charge on any atom is -0.462 e. The number of esters is 2. The van der Waals surface area contributed by atoms with E-state index in [0.717, 1.165) is 19.3 Å². The first kappa shape index (κ1) is 19.2. The highest BCUT2D eigenvalue weighted by Crippen LogP contribution is 2.12. The van der Waals surface area contributed by atoms with E-state index in [9.17, 15) is 9.59 Å². The van der Waals surface area contributed by atoms with Gasteiger partial charge >= 0.3 is 11.9 Å². The molecule has 4 heteroatoms. The van der Waals surface area contributed by atoms with E-state index >= 15 is 0 Å². The van der Waals surface area contributed by atoms with Crippen LogP contribution < -0.4 is 0 Å². The van der Waals surface area contributed by atoms with Gasteiger partial charge in [0.1, 0.15) is 0 Å². The van der Waals surface area contributed by atoms with Gasteiger partial charge in [0, 0.05) is 0 Å². The van der Waals surface area contributed by atoms with Crippen LogP contribution in [-0.2, 0) is 9.47 Å². The van der Waals surface area contributed by atoms with Crippen LogP contribution in [0.2, 0.25) is 0 Å². The largest absolute Gasteiger partial charge is 0.462 e. The van der Waals surface area contributed by atoms with Gasteiger partial charge in [0.25, 0.3) is 0 Å². The Morgan fingerprint density at radius 1 is 0.913 bits per heavy atom. The third-order valence-electron chi connectivity index (χ3n) is 3.57. The van der Waals surface area contributed by atoms with Crippen molar-refractivity contribution in [2.45, 2.75) is 65.4 Å². The van der Waals surface area contributed by atoms with Crippen molar-refractivity contribution in [3.63, 3.8) is 0 Å². The normalized spacial score (nSPS) is 11.8. The lowest BCUT2D eigenvalue weighted by Gasteiger charge is -2.13. The molecule has 0 aliphatic rings. The Bertz CT molecular complexity index is 479. The molecule has 0 aliphatic heterocycles. The molecule has 0 bridgehead atoms. The van der Waals surface area contributed by atoms with Gasteiger partial charge in [-0.2, -0.15) is 0 Å². The molecule has 128 valence electrons. The van der Waals surface area contributed by atoms with E-state index in [0.29, 0.717) is 17.7 Å². The summed E-state index contributed by atoms with van der Waals surface area (Å²) < 4.78 is 10.5. The Hall–Kier alpha value is -1.84. The first-order valence-corrected chi connectivity index (χ1v) is 8.56. The SMILES string of the molecule is CCCCCCC(C)OC(=O)c1ccc(C(=O)OCCC)cc1. The van der Waals surface area contributed by atoms with E-state index in [1.54, 1.807) is 24.3 Å². The number of ether oxygens (including phenoxy) is 2. The minimum atomic E-state index is -0.365. The number of benzene rings is 1. The zero-order valence-electron chi connectivity index (χ0n) is 14.5. The lowest BCUT2D eigenvalue weighted by molar-refractivity contribution is 0.0318. The molecule has 0 fully saturated rings. The maximum atomic E-state index is 12.1. The molecule has 0 aromatic heterocycles. The summed E-state index contributed by atoms with van der Waals surface area (Å²) in [5.41, 5.74) is 0.903. The molecule has 0 radical (unpaired) electrons. The van der Waals surface area contributed by atoms with E-state index in [2.05, 4.69) is 6.92 Å². The molecule has 1 rings (SSSR count). The Balaban J connectivity index is 2.45. The molecule has 0 N–H and O–H groups in total. The number of hydrogen-bond donors (Lipinski definition) is 0. The Labute approximate surface area is 139 Å². The summed E-state index contributed by atoms with van der Waals surface area (Å²) in [6, 6.07) is 6.41. The molecule has 0 saturated heterocycles. The van der Waals surface area contributed by atoms with Gasteiger partial charge in [-0.15, -0.1) is 0 Å². The van der Waals surface area contributed by atoms with E-state index in [4.69, 9.17) is 9.47 Å². The van der Waals surface area contributed by atoms with Crippen molar-refractivity contribution < 1.29 is 19.1 Å². The van der Waals surface area contributed by atoms with Crippen molar-refractivity contribution in [1.29, 1.82) is 0 Å². The zero-order chi connectivity index (χ0) is 17.1. The van der Waals surface area contributed by atoms with Crippen LogP contribution >= 0.6 is 0 Å². The van der Waals surface area contributed by atoms with E-state index in [1.165, 1.54) is 19.3 Å². The first-order valence-electron chi connectivity index (χ1n) is 8.56. The fourth-order valence-electron chi connectivity index (χ4n) is 2.19. The van der Waals surface area contributed by atoms with E-state index in [1.807, 2.05) is 13.8 Å². The monoisotopic (exact) mass is 320 g/mol. The molecule has 0 heterocycles. The third kappa shape index (κ3) is 7.31. The summed E-state index contributed by atoms with van der Waals surface area (Å²) in [7, 11) is 0. The Morgan fingerprint density at radius 2 is 1.52 bits per heavy atom. The summed E-state index contributed by atoms with van der Waals surface area (Å²) in [6.45, 7) is 6.43. The topological polar surface area (TPSA) is 52.6 Å². The van der Waals surface area contributed by atoms with Gasteiger partial charge in [0.2, 0.25) is 0 Å². The van der Waals surface area contributed by atoms with Crippen molar-refractivity contribution in [3.05, 3.63) is 35.4 Å². The summed E-state index contributed by atoms with van der Waals surface area (Å²) >= 11 is 0. The lowest BCUT2D eigenvalue weighted by atomic mass is 10.1. The van der Waals surface area contributed by atoms with Crippen LogP contribution in [0.4, 0.5) is 0 Å². The van der Waals surface area contributed by atoms with Crippen LogP contribution in [0.25, 0.3) is 0 Å². The summed E-state index contributed by atoms with van der Waals surface area (Å²) in [5, 5.41) is 0. The van der Waals surface area contributed by atoms with Crippen LogP contribution in [0.5, 0.6) is 0 Å². The van der Waals surface area contributed by atoms with Crippen molar-refractivity contribution >= 4 is 11.9 Å². The number of unbranched alkanes of at least 4 members (excludes halogenated alkanes) is 3. The fourth-order valence-corrected chi connectivity index (χ4v) is 2.19. The molecular formula is C19H28O4. The smallest absolute Gasteiger partial charge is 0.338 e. The van der Waals surface area contributed by atoms with Gasteiger partial charge in [-0.1, -0.05) is 33.1 Å². The highest BCUT2D eigenvalue weighted by atomic mass is 16.5. The first-order chi connectivity index (χ1) is 11.1. The molecule has 0 spiro atoms. The molecular weight excluding hydrogens is 292 g/mol. The molecule has 4 nitrogen and oxygen atoms in total. The molecule has 23 heavy (non-hydrogen) atoms. The average Bonchev–Trinajstić information content (AvgIpc) is 2.56. The average molecular weight is 320 g/mol. The maximum absolute atomic E-state index is 12.1. The Morgan fingerprint density at radius 3 is 2.09 bits per heavy atom. The van der Waals surface area contributed by atoms with Crippen molar-refractivity contribution in [3.8, 4) is 0 Å². The molecule has 1 aromatic carbocycles.